The van der Waals surface area contributed by atoms with Gasteiger partial charge < -0.3 is 15.5 Å². The first-order valence-electron chi connectivity index (χ1n) is 14.2. The van der Waals surface area contributed by atoms with Gasteiger partial charge in [0, 0.05) is 43.4 Å². The predicted molar refractivity (Wildman–Crippen MR) is 161 cm³/mol. The van der Waals surface area contributed by atoms with Gasteiger partial charge in [-0.2, -0.15) is 0 Å². The van der Waals surface area contributed by atoms with E-state index in [9.17, 15) is 15.0 Å². The molecule has 1 aliphatic carbocycles. The summed E-state index contributed by atoms with van der Waals surface area (Å²) in [6, 6.07) is 32.8. The van der Waals surface area contributed by atoms with Crippen molar-refractivity contribution in [1.82, 2.24) is 15.2 Å². The Hall–Kier alpha value is -4.10. The molecule has 210 valence electrons. The molecule has 1 heterocycles. The monoisotopic (exact) mass is 547 g/mol. The molecule has 0 aliphatic heterocycles. The maximum Gasteiger partial charge on any atom is 0.237 e. The Bertz CT molecular complexity index is 1380. The first-order valence-corrected chi connectivity index (χ1v) is 14.2. The normalized spacial score (nSPS) is 21.0. The van der Waals surface area contributed by atoms with Gasteiger partial charge in [0.25, 0.3) is 0 Å². The lowest BCUT2D eigenvalue weighted by Gasteiger charge is -2.44. The van der Waals surface area contributed by atoms with E-state index in [0.717, 1.165) is 22.3 Å². The third-order valence-corrected chi connectivity index (χ3v) is 7.92. The lowest BCUT2D eigenvalue weighted by molar-refractivity contribution is -0.129. The van der Waals surface area contributed by atoms with Crippen LogP contribution in [0.1, 0.15) is 28.2 Å². The number of carbonyl (C=O) groups excluding carboxylic acids is 1. The van der Waals surface area contributed by atoms with E-state index in [1.165, 1.54) is 0 Å². The number of nitrogens with zero attached hydrogens (tertiary/aromatic N) is 2. The summed E-state index contributed by atoms with van der Waals surface area (Å²) < 4.78 is 0. The minimum Gasteiger partial charge on any atom is -0.396 e. The van der Waals surface area contributed by atoms with Crippen LogP contribution in [0.25, 0.3) is 0 Å². The Balaban J connectivity index is 1.51. The summed E-state index contributed by atoms with van der Waals surface area (Å²) in [7, 11) is 0. The predicted octanol–water partition coefficient (Wildman–Crippen LogP) is 4.50. The van der Waals surface area contributed by atoms with Gasteiger partial charge in [-0.15, -0.1) is 0 Å². The van der Waals surface area contributed by atoms with Crippen LogP contribution in [-0.4, -0.2) is 50.8 Å². The van der Waals surface area contributed by atoms with Gasteiger partial charge in [0.2, 0.25) is 5.91 Å². The van der Waals surface area contributed by atoms with Crippen LogP contribution >= 0.6 is 0 Å². The van der Waals surface area contributed by atoms with E-state index in [1.54, 1.807) is 12.4 Å². The van der Waals surface area contributed by atoms with Crippen LogP contribution in [0.15, 0.2) is 128 Å². The first-order chi connectivity index (χ1) is 20.1. The molecular weight excluding hydrogens is 510 g/mol. The van der Waals surface area contributed by atoms with Crippen LogP contribution in [0, 0.1) is 5.92 Å². The zero-order valence-electron chi connectivity index (χ0n) is 23.0. The molecule has 6 nitrogen and oxygen atoms in total. The molecule has 0 saturated carbocycles. The summed E-state index contributed by atoms with van der Waals surface area (Å²) in [5, 5.41) is 25.4. The maximum absolute atomic E-state index is 14.0. The second-order valence-electron chi connectivity index (χ2n) is 10.6. The number of hydrogen-bond acceptors (Lipinski definition) is 5. The van der Waals surface area contributed by atoms with Crippen molar-refractivity contribution < 1.29 is 15.0 Å². The third kappa shape index (κ3) is 7.16. The van der Waals surface area contributed by atoms with Crippen molar-refractivity contribution in [3.05, 3.63) is 150 Å². The van der Waals surface area contributed by atoms with Gasteiger partial charge in [-0.25, -0.2) is 0 Å². The fourth-order valence-electron chi connectivity index (χ4n) is 5.73. The van der Waals surface area contributed by atoms with E-state index in [2.05, 4.69) is 21.3 Å². The van der Waals surface area contributed by atoms with Gasteiger partial charge in [0.05, 0.1) is 18.8 Å². The number of hydrogen-bond donors (Lipinski definition) is 3. The highest BCUT2D eigenvalue weighted by molar-refractivity contribution is 5.82. The molecule has 4 aromatic rings. The third-order valence-electron chi connectivity index (χ3n) is 7.92. The molecule has 5 rings (SSSR count). The Labute approximate surface area is 242 Å². The standard InChI is InChI=1S/C35H37N3O3/c39-25-31-32(19-18-30(34(31)40)29-17-10-20-36-23-29)38(24-28-15-8-3-9-16-28)33(21-26-11-4-1-5-12-26)35(41)37-22-27-13-6-2-7-14-27/h1-20,23,30-34,39-40H,21-22,24-25H2,(H,37,41)/t30-,31+,32-,33-,34+/m1/s1. The molecule has 0 fully saturated rings. The number of carbonyl (C=O) groups is 1. The average Bonchev–Trinajstić information content (AvgIpc) is 3.03. The van der Waals surface area contributed by atoms with Gasteiger partial charge >= 0.3 is 0 Å². The maximum atomic E-state index is 14.0. The second-order valence-corrected chi connectivity index (χ2v) is 10.6. The van der Waals surface area contributed by atoms with Gasteiger partial charge in [0.1, 0.15) is 0 Å². The molecule has 1 aromatic heterocycles. The molecule has 3 N–H and O–H groups in total. The Kier molecular flexibility index (Phi) is 9.70. The van der Waals surface area contributed by atoms with Gasteiger partial charge in [0.15, 0.2) is 0 Å². The number of benzene rings is 3. The largest absolute Gasteiger partial charge is 0.396 e. The highest BCUT2D eigenvalue weighted by Crippen LogP contribution is 2.35. The number of aliphatic hydroxyl groups is 2. The Morgan fingerprint density at radius 2 is 1.46 bits per heavy atom. The van der Waals surface area contributed by atoms with Crippen LogP contribution in [0.4, 0.5) is 0 Å². The van der Waals surface area contributed by atoms with E-state index in [4.69, 9.17) is 0 Å². The number of aliphatic hydroxyl groups excluding tert-OH is 2. The molecule has 41 heavy (non-hydrogen) atoms. The summed E-state index contributed by atoms with van der Waals surface area (Å²) in [5.41, 5.74) is 4.01. The molecule has 0 spiro atoms. The first kappa shape index (κ1) is 28.4. The second kappa shape index (κ2) is 14.0. The molecule has 5 atom stereocenters. The van der Waals surface area contributed by atoms with Gasteiger partial charge in [-0.05, 0) is 34.7 Å². The molecule has 0 unspecified atom stereocenters. The topological polar surface area (TPSA) is 85.7 Å². The fraction of sp³-hybridized carbons (Fsp3) is 0.257. The van der Waals surface area contributed by atoms with Crippen molar-refractivity contribution in [1.29, 1.82) is 0 Å². The zero-order valence-corrected chi connectivity index (χ0v) is 23.0. The summed E-state index contributed by atoms with van der Waals surface area (Å²) >= 11 is 0. The minimum absolute atomic E-state index is 0.0948. The molecular formula is C35H37N3O3. The SMILES string of the molecule is O=C(NCc1ccccc1)[C@@H](Cc1ccccc1)N(Cc1ccccc1)[C@@H]1C=C[C@H](c2cccnc2)[C@H](O)[C@H]1CO. The minimum atomic E-state index is -0.845. The van der Waals surface area contributed by atoms with E-state index in [1.807, 2.05) is 109 Å². The van der Waals surface area contributed by atoms with Crippen LogP contribution < -0.4 is 5.32 Å². The molecule has 3 aromatic carbocycles. The number of amides is 1. The summed E-state index contributed by atoms with van der Waals surface area (Å²) in [4.78, 5) is 20.4. The molecule has 1 amide bonds. The Morgan fingerprint density at radius 1 is 0.829 bits per heavy atom. The van der Waals surface area contributed by atoms with Crippen LogP contribution in [0.3, 0.4) is 0 Å². The summed E-state index contributed by atoms with van der Waals surface area (Å²) in [6.07, 6.45) is 7.15. The van der Waals surface area contributed by atoms with Crippen LogP contribution in [0.2, 0.25) is 0 Å². The fourth-order valence-corrected chi connectivity index (χ4v) is 5.73. The highest BCUT2D eigenvalue weighted by Gasteiger charge is 2.42. The van der Waals surface area contributed by atoms with Gasteiger partial charge in [-0.1, -0.05) is 109 Å². The number of pyridine rings is 1. The molecule has 0 saturated heterocycles. The van der Waals surface area contributed by atoms with E-state index in [-0.39, 0.29) is 24.5 Å². The molecule has 1 aliphatic rings. The van der Waals surface area contributed by atoms with Crippen molar-refractivity contribution in [2.75, 3.05) is 6.61 Å². The van der Waals surface area contributed by atoms with E-state index < -0.39 is 18.1 Å². The Morgan fingerprint density at radius 3 is 2.07 bits per heavy atom. The van der Waals surface area contributed by atoms with Crippen molar-refractivity contribution in [3.63, 3.8) is 0 Å². The number of aromatic nitrogens is 1. The number of rotatable bonds is 11. The molecule has 6 heteroatoms. The summed E-state index contributed by atoms with van der Waals surface area (Å²) in [6.45, 7) is 0.675. The van der Waals surface area contributed by atoms with Crippen LogP contribution in [-0.2, 0) is 24.3 Å². The van der Waals surface area contributed by atoms with Crippen LogP contribution in [0.5, 0.6) is 0 Å². The number of nitrogens with one attached hydrogen (secondary N) is 1. The van der Waals surface area contributed by atoms with Crippen molar-refractivity contribution >= 4 is 5.91 Å². The zero-order chi connectivity index (χ0) is 28.4. The summed E-state index contributed by atoms with van der Waals surface area (Å²) in [5.74, 6) is -0.896. The van der Waals surface area contributed by atoms with Gasteiger partial charge in [-0.3, -0.25) is 14.7 Å². The average molecular weight is 548 g/mol. The van der Waals surface area contributed by atoms with Crippen molar-refractivity contribution in [2.45, 2.75) is 43.6 Å². The molecule has 0 radical (unpaired) electrons. The smallest absolute Gasteiger partial charge is 0.237 e. The van der Waals surface area contributed by atoms with Crippen molar-refractivity contribution in [2.24, 2.45) is 5.92 Å². The lowest BCUT2D eigenvalue weighted by Crippen LogP contribution is -2.57. The van der Waals surface area contributed by atoms with E-state index in [0.29, 0.717) is 19.5 Å². The lowest BCUT2D eigenvalue weighted by atomic mass is 9.77. The van der Waals surface area contributed by atoms with E-state index >= 15 is 0 Å². The quantitative estimate of drug-likeness (QED) is 0.241. The van der Waals surface area contributed by atoms with Crippen molar-refractivity contribution in [3.8, 4) is 0 Å². The molecule has 0 bridgehead atoms. The highest BCUT2D eigenvalue weighted by atomic mass is 16.3.